The molecule has 0 bridgehead atoms. The third-order valence-electron chi connectivity index (χ3n) is 2.53. The first kappa shape index (κ1) is 12.3. The lowest BCUT2D eigenvalue weighted by atomic mass is 10.4. The van der Waals surface area contributed by atoms with Gasteiger partial charge in [0.25, 0.3) is 0 Å². The van der Waals surface area contributed by atoms with E-state index < -0.39 is 12.0 Å². The van der Waals surface area contributed by atoms with Gasteiger partial charge >= 0.3 is 6.18 Å². The molecule has 3 rings (SSSR count). The molecular weight excluding hydrogens is 275 g/mol. The molecule has 0 fully saturated rings. The van der Waals surface area contributed by atoms with Gasteiger partial charge in [-0.3, -0.25) is 0 Å². The number of nitrogen functional groups attached to an aromatic ring is 1. The molecule has 0 aromatic carbocycles. The van der Waals surface area contributed by atoms with Gasteiger partial charge in [0.15, 0.2) is 5.65 Å². The molecule has 0 saturated heterocycles. The minimum Gasteiger partial charge on any atom is -0.383 e. The van der Waals surface area contributed by atoms with E-state index in [0.717, 1.165) is 12.4 Å². The first-order chi connectivity index (χ1) is 9.47. The highest BCUT2D eigenvalue weighted by atomic mass is 19.4. The molecule has 0 saturated carbocycles. The molecule has 0 unspecified atom stereocenters. The van der Waals surface area contributed by atoms with Crippen molar-refractivity contribution in [3.63, 3.8) is 0 Å². The van der Waals surface area contributed by atoms with Crippen LogP contribution in [0, 0.1) is 0 Å². The molecule has 7 nitrogen and oxygen atoms in total. The van der Waals surface area contributed by atoms with E-state index in [0.29, 0.717) is 11.0 Å². The minimum absolute atomic E-state index is 0.231. The summed E-state index contributed by atoms with van der Waals surface area (Å²) in [7, 11) is 0. The van der Waals surface area contributed by atoms with Gasteiger partial charge in [0.05, 0.1) is 24.0 Å². The molecule has 0 aliphatic heterocycles. The fraction of sp³-hybridized carbons (Fsp3) is 0.100. The molecule has 10 heteroatoms. The van der Waals surface area contributed by atoms with Gasteiger partial charge in [-0.15, -0.1) is 0 Å². The Morgan fingerprint density at radius 2 is 1.70 bits per heavy atom. The Kier molecular flexibility index (Phi) is 2.52. The summed E-state index contributed by atoms with van der Waals surface area (Å²) in [5, 5.41) is 4.48. The second-order valence-electron chi connectivity index (χ2n) is 3.82. The second kappa shape index (κ2) is 4.11. The van der Waals surface area contributed by atoms with Gasteiger partial charge in [-0.05, 0) is 0 Å². The summed E-state index contributed by atoms with van der Waals surface area (Å²) >= 11 is 0. The molecule has 3 heterocycles. The largest absolute Gasteiger partial charge is 0.451 e. The van der Waals surface area contributed by atoms with Crippen molar-refractivity contribution in [1.29, 1.82) is 0 Å². The molecule has 3 aromatic rings. The number of nitrogens with two attached hydrogens (primary N) is 1. The van der Waals surface area contributed by atoms with Gasteiger partial charge in [0.2, 0.25) is 5.82 Å². The molecule has 3 aromatic heterocycles. The van der Waals surface area contributed by atoms with Crippen molar-refractivity contribution in [3.05, 3.63) is 30.7 Å². The van der Waals surface area contributed by atoms with Crippen molar-refractivity contribution < 1.29 is 13.2 Å². The first-order valence-corrected chi connectivity index (χ1v) is 5.30. The highest BCUT2D eigenvalue weighted by Crippen LogP contribution is 2.26. The number of alkyl halides is 3. The van der Waals surface area contributed by atoms with Crippen LogP contribution in [-0.2, 0) is 6.18 Å². The Morgan fingerprint density at radius 1 is 1.00 bits per heavy atom. The van der Waals surface area contributed by atoms with Crippen LogP contribution in [0.1, 0.15) is 5.82 Å². The van der Waals surface area contributed by atoms with Crippen LogP contribution >= 0.6 is 0 Å². The summed E-state index contributed by atoms with van der Waals surface area (Å²) in [6.07, 6.45) is 0.0988. The van der Waals surface area contributed by atoms with E-state index in [4.69, 9.17) is 5.73 Å². The van der Waals surface area contributed by atoms with Crippen molar-refractivity contribution in [3.8, 4) is 5.69 Å². The van der Waals surface area contributed by atoms with Gasteiger partial charge in [-0.25, -0.2) is 24.6 Å². The number of hydrogen-bond acceptors (Lipinski definition) is 6. The smallest absolute Gasteiger partial charge is 0.383 e. The average molecular weight is 281 g/mol. The highest BCUT2D eigenvalue weighted by molar-refractivity contribution is 5.85. The molecule has 0 amide bonds. The summed E-state index contributed by atoms with van der Waals surface area (Å²) < 4.78 is 38.4. The van der Waals surface area contributed by atoms with Gasteiger partial charge in [0, 0.05) is 0 Å². The zero-order valence-electron chi connectivity index (χ0n) is 9.70. The quantitative estimate of drug-likeness (QED) is 0.720. The molecule has 0 atom stereocenters. The van der Waals surface area contributed by atoms with Crippen LogP contribution < -0.4 is 5.73 Å². The summed E-state index contributed by atoms with van der Waals surface area (Å²) in [4.78, 5) is 14.3. The van der Waals surface area contributed by atoms with E-state index in [9.17, 15) is 13.2 Å². The maximum Gasteiger partial charge on any atom is 0.451 e. The fourth-order valence-corrected chi connectivity index (χ4v) is 1.63. The number of halogens is 3. The van der Waals surface area contributed by atoms with Crippen LogP contribution in [0.4, 0.5) is 19.0 Å². The normalized spacial score (nSPS) is 11.9. The van der Waals surface area contributed by atoms with Crippen molar-refractivity contribution in [2.45, 2.75) is 6.18 Å². The van der Waals surface area contributed by atoms with E-state index >= 15 is 0 Å². The Labute approximate surface area is 109 Å². The van der Waals surface area contributed by atoms with Crippen molar-refractivity contribution >= 4 is 16.9 Å². The number of fused-ring (bicyclic) bond motifs is 1. The summed E-state index contributed by atoms with van der Waals surface area (Å²) in [5.41, 5.74) is 6.25. The molecule has 102 valence electrons. The predicted octanol–water partition coefficient (Wildman–Crippen LogP) is 1.21. The second-order valence-corrected chi connectivity index (χ2v) is 3.82. The Morgan fingerprint density at radius 3 is 2.35 bits per heavy atom. The summed E-state index contributed by atoms with van der Waals surface area (Å²) in [5.74, 6) is -0.985. The number of hydrogen-bond donors (Lipinski definition) is 1. The molecule has 0 aliphatic rings. The standard InChI is InChI=1S/C10H6F3N7/c11-10(12,13)9-15-1-5(2-16-9)20-8-6(3-19-20)7(14)17-4-18-8/h1-4H,(H2,14,17,18). The van der Waals surface area contributed by atoms with Gasteiger partial charge in [-0.1, -0.05) is 0 Å². The van der Waals surface area contributed by atoms with Crippen LogP contribution in [0.25, 0.3) is 16.7 Å². The van der Waals surface area contributed by atoms with Gasteiger partial charge in [-0.2, -0.15) is 18.3 Å². The molecular formula is C10H6F3N7. The SMILES string of the molecule is Nc1ncnc2c1cnn2-c1cnc(C(F)(F)F)nc1. The van der Waals surface area contributed by atoms with Crippen LogP contribution in [-0.4, -0.2) is 29.7 Å². The maximum atomic E-state index is 12.4. The van der Waals surface area contributed by atoms with Crippen molar-refractivity contribution in [2.75, 3.05) is 5.73 Å². The van der Waals surface area contributed by atoms with Crippen molar-refractivity contribution in [2.24, 2.45) is 0 Å². The van der Waals surface area contributed by atoms with Crippen LogP contribution in [0.2, 0.25) is 0 Å². The number of nitrogens with zero attached hydrogens (tertiary/aromatic N) is 6. The maximum absolute atomic E-state index is 12.4. The molecule has 20 heavy (non-hydrogen) atoms. The van der Waals surface area contributed by atoms with E-state index in [1.165, 1.54) is 17.2 Å². The number of aromatic nitrogens is 6. The average Bonchev–Trinajstić information content (AvgIpc) is 2.83. The zero-order valence-corrected chi connectivity index (χ0v) is 9.70. The van der Waals surface area contributed by atoms with E-state index in [2.05, 4.69) is 25.0 Å². The van der Waals surface area contributed by atoms with Crippen LogP contribution in [0.5, 0.6) is 0 Å². The lowest BCUT2D eigenvalue weighted by Gasteiger charge is -2.06. The number of anilines is 1. The fourth-order valence-electron chi connectivity index (χ4n) is 1.63. The van der Waals surface area contributed by atoms with Gasteiger partial charge < -0.3 is 5.73 Å². The van der Waals surface area contributed by atoms with E-state index in [1.54, 1.807) is 0 Å². The third-order valence-corrected chi connectivity index (χ3v) is 2.53. The lowest BCUT2D eigenvalue weighted by molar-refractivity contribution is -0.145. The molecule has 0 spiro atoms. The summed E-state index contributed by atoms with van der Waals surface area (Å²) in [6, 6.07) is 0. The lowest BCUT2D eigenvalue weighted by Crippen LogP contribution is -2.11. The number of rotatable bonds is 1. The van der Waals surface area contributed by atoms with Crippen molar-refractivity contribution in [1.82, 2.24) is 29.7 Å². The van der Waals surface area contributed by atoms with E-state index in [-0.39, 0.29) is 11.5 Å². The predicted molar refractivity (Wildman–Crippen MR) is 61.7 cm³/mol. The molecule has 0 radical (unpaired) electrons. The first-order valence-electron chi connectivity index (χ1n) is 5.30. The topological polar surface area (TPSA) is 95.4 Å². The van der Waals surface area contributed by atoms with Crippen LogP contribution in [0.3, 0.4) is 0 Å². The van der Waals surface area contributed by atoms with Gasteiger partial charge in [0.1, 0.15) is 17.8 Å². The van der Waals surface area contributed by atoms with E-state index in [1.807, 2.05) is 0 Å². The third kappa shape index (κ3) is 1.90. The zero-order chi connectivity index (χ0) is 14.3. The molecule has 0 aliphatic carbocycles. The monoisotopic (exact) mass is 281 g/mol. The Balaban J connectivity index is 2.10. The molecule has 2 N–H and O–H groups in total. The van der Waals surface area contributed by atoms with Crippen LogP contribution in [0.15, 0.2) is 24.9 Å². The Bertz CT molecular complexity index is 763. The minimum atomic E-state index is -4.59. The summed E-state index contributed by atoms with van der Waals surface area (Å²) in [6.45, 7) is 0. The Hall–Kier alpha value is -2.78. The highest BCUT2D eigenvalue weighted by Gasteiger charge is 2.34.